The molecule has 0 radical (unpaired) electrons. The maximum Gasteiger partial charge on any atom is 0.274 e. The van der Waals surface area contributed by atoms with Gasteiger partial charge in [0.1, 0.15) is 6.10 Å². The lowest BCUT2D eigenvalue weighted by atomic mass is 9.95. The number of nitrogens with one attached hydrogen (secondary N) is 1. The highest BCUT2D eigenvalue weighted by Crippen LogP contribution is 2.29. The van der Waals surface area contributed by atoms with E-state index in [1.807, 2.05) is 27.7 Å². The Morgan fingerprint density at radius 1 is 1.10 bits per heavy atom. The van der Waals surface area contributed by atoms with E-state index in [2.05, 4.69) is 22.4 Å². The summed E-state index contributed by atoms with van der Waals surface area (Å²) >= 11 is 0. The summed E-state index contributed by atoms with van der Waals surface area (Å²) in [4.78, 5) is 31.7. The van der Waals surface area contributed by atoms with E-state index < -0.39 is 0 Å². The van der Waals surface area contributed by atoms with Crippen LogP contribution in [0.25, 0.3) is 0 Å². The van der Waals surface area contributed by atoms with E-state index >= 15 is 0 Å². The summed E-state index contributed by atoms with van der Waals surface area (Å²) in [6.07, 6.45) is 5.62. The molecule has 2 aliphatic heterocycles. The Morgan fingerprint density at radius 3 is 2.60 bits per heavy atom. The molecule has 7 heteroatoms. The highest BCUT2D eigenvalue weighted by Gasteiger charge is 2.32. The first-order chi connectivity index (χ1) is 14.7. The lowest BCUT2D eigenvalue weighted by Gasteiger charge is -2.31. The molecule has 0 unspecified atom stereocenters. The van der Waals surface area contributed by atoms with Gasteiger partial charge >= 0.3 is 0 Å². The molecule has 158 valence electrons. The second-order valence-corrected chi connectivity index (χ2v) is 8.66. The summed E-state index contributed by atoms with van der Waals surface area (Å²) in [5.41, 5.74) is 2.46. The van der Waals surface area contributed by atoms with E-state index in [-0.39, 0.29) is 23.8 Å². The van der Waals surface area contributed by atoms with Crippen LogP contribution in [-0.2, 0) is 22.7 Å². The van der Waals surface area contributed by atoms with Crippen LogP contribution in [0.4, 0.5) is 0 Å². The Morgan fingerprint density at radius 2 is 1.87 bits per heavy atom. The highest BCUT2D eigenvalue weighted by atomic mass is 16.5. The third-order valence-electron chi connectivity index (χ3n) is 6.52. The molecule has 7 nitrogen and oxygen atoms in total. The number of carbonyl (C=O) groups excluding carboxylic acids is 2. The summed E-state index contributed by atoms with van der Waals surface area (Å²) in [5, 5.41) is 3.07. The van der Waals surface area contributed by atoms with E-state index in [0.717, 1.165) is 17.8 Å². The molecule has 1 saturated heterocycles. The van der Waals surface area contributed by atoms with Crippen molar-refractivity contribution >= 4 is 11.8 Å². The Hall–Kier alpha value is -2.67. The van der Waals surface area contributed by atoms with Gasteiger partial charge in [0.25, 0.3) is 5.91 Å². The second kappa shape index (κ2) is 8.22. The predicted molar refractivity (Wildman–Crippen MR) is 111 cm³/mol. The van der Waals surface area contributed by atoms with Crippen molar-refractivity contribution in [1.82, 2.24) is 19.8 Å². The number of amides is 2. The van der Waals surface area contributed by atoms with E-state index in [1.54, 1.807) is 6.33 Å². The first kappa shape index (κ1) is 19.3. The number of nitrogens with zero attached hydrogens (tertiary/aromatic N) is 3. The van der Waals surface area contributed by atoms with Gasteiger partial charge in [-0.05, 0) is 37.2 Å². The van der Waals surface area contributed by atoms with Crippen molar-refractivity contribution in [2.24, 2.45) is 11.8 Å². The molecule has 0 bridgehead atoms. The van der Waals surface area contributed by atoms with Crippen molar-refractivity contribution in [3.63, 3.8) is 0 Å². The van der Waals surface area contributed by atoms with Crippen molar-refractivity contribution in [3.8, 4) is 0 Å². The number of hydrogen-bond acceptors (Lipinski definition) is 4. The molecule has 1 saturated carbocycles. The third kappa shape index (κ3) is 3.99. The lowest BCUT2D eigenvalue weighted by molar-refractivity contribution is -0.126. The maximum atomic E-state index is 13.1. The number of hydrogen-bond donors (Lipinski definition) is 1. The van der Waals surface area contributed by atoms with Crippen LogP contribution in [0, 0.1) is 11.8 Å². The molecule has 2 aromatic rings. The molecule has 1 atom stereocenters. The number of fused-ring (bicyclic) bond motifs is 1. The van der Waals surface area contributed by atoms with Crippen LogP contribution in [0.2, 0.25) is 0 Å². The SMILES string of the molecule is O=C(NCC1CC1)C1CCN(C(=O)c2ncn3c2CO[C@@H](c2ccccc2)C3)CC1. The summed E-state index contributed by atoms with van der Waals surface area (Å²) in [7, 11) is 0. The van der Waals surface area contributed by atoms with Gasteiger partial charge in [-0.1, -0.05) is 30.3 Å². The Kier molecular flexibility index (Phi) is 5.29. The standard InChI is InChI=1S/C23H28N4O3/c28-22(24-12-16-6-7-16)18-8-10-26(11-9-18)23(29)21-19-14-30-20(13-27(19)15-25-21)17-4-2-1-3-5-17/h1-5,15-16,18,20H,6-14H2,(H,24,28)/t20-/m1/s1. The zero-order valence-corrected chi connectivity index (χ0v) is 17.1. The van der Waals surface area contributed by atoms with Crippen LogP contribution in [0.1, 0.15) is 53.5 Å². The Balaban J connectivity index is 1.19. The largest absolute Gasteiger partial charge is 0.365 e. The third-order valence-corrected chi connectivity index (χ3v) is 6.52. The van der Waals surface area contributed by atoms with Gasteiger partial charge in [-0.25, -0.2) is 4.98 Å². The van der Waals surface area contributed by atoms with E-state index in [4.69, 9.17) is 4.74 Å². The minimum atomic E-state index is -0.0534. The lowest BCUT2D eigenvalue weighted by Crippen LogP contribution is -2.43. The highest BCUT2D eigenvalue weighted by molar-refractivity contribution is 5.93. The molecule has 0 spiro atoms. The molecule has 1 aliphatic carbocycles. The minimum Gasteiger partial charge on any atom is -0.365 e. The quantitative estimate of drug-likeness (QED) is 0.825. The zero-order chi connectivity index (χ0) is 20.5. The van der Waals surface area contributed by atoms with E-state index in [0.29, 0.717) is 50.7 Å². The predicted octanol–water partition coefficient (Wildman–Crippen LogP) is 2.53. The number of imidazole rings is 1. The topological polar surface area (TPSA) is 76.5 Å². The smallest absolute Gasteiger partial charge is 0.274 e. The first-order valence-electron chi connectivity index (χ1n) is 11.0. The fourth-order valence-electron chi connectivity index (χ4n) is 4.38. The number of likely N-dealkylation sites (tertiary alicyclic amines) is 1. The molecule has 5 rings (SSSR count). The normalized spacial score (nSPS) is 21.9. The number of piperidine rings is 1. The van der Waals surface area contributed by atoms with Gasteiger partial charge < -0.3 is 19.5 Å². The van der Waals surface area contributed by atoms with Crippen molar-refractivity contribution in [1.29, 1.82) is 0 Å². The van der Waals surface area contributed by atoms with Crippen molar-refractivity contribution in [3.05, 3.63) is 53.6 Å². The van der Waals surface area contributed by atoms with Crippen LogP contribution in [-0.4, -0.2) is 45.9 Å². The molecule has 2 fully saturated rings. The molecule has 3 heterocycles. The summed E-state index contributed by atoms with van der Waals surface area (Å²) in [6, 6.07) is 10.1. The fraction of sp³-hybridized carbons (Fsp3) is 0.522. The number of rotatable bonds is 5. The summed E-state index contributed by atoms with van der Waals surface area (Å²) in [6.45, 7) is 3.03. The second-order valence-electron chi connectivity index (χ2n) is 8.66. The number of benzene rings is 1. The van der Waals surface area contributed by atoms with E-state index in [1.165, 1.54) is 12.8 Å². The molecular weight excluding hydrogens is 380 g/mol. The molecule has 1 aromatic heterocycles. The monoisotopic (exact) mass is 408 g/mol. The van der Waals surface area contributed by atoms with Crippen LogP contribution >= 0.6 is 0 Å². The van der Waals surface area contributed by atoms with Gasteiger partial charge in [-0.3, -0.25) is 9.59 Å². The van der Waals surface area contributed by atoms with Crippen LogP contribution in [0.15, 0.2) is 36.7 Å². The zero-order valence-electron chi connectivity index (χ0n) is 17.1. The van der Waals surface area contributed by atoms with Crippen molar-refractivity contribution in [2.45, 2.75) is 44.9 Å². The van der Waals surface area contributed by atoms with Gasteiger partial charge in [-0.15, -0.1) is 0 Å². The van der Waals surface area contributed by atoms with E-state index in [9.17, 15) is 9.59 Å². The average Bonchev–Trinajstić information content (AvgIpc) is 3.54. The molecule has 3 aliphatic rings. The van der Waals surface area contributed by atoms with Crippen LogP contribution < -0.4 is 5.32 Å². The maximum absolute atomic E-state index is 13.1. The summed E-state index contributed by atoms with van der Waals surface area (Å²) in [5.74, 6) is 0.793. The number of ether oxygens (including phenoxy) is 1. The molecule has 2 amide bonds. The first-order valence-corrected chi connectivity index (χ1v) is 11.0. The van der Waals surface area contributed by atoms with Gasteiger partial charge in [0, 0.05) is 25.6 Å². The Bertz CT molecular complexity index is 914. The van der Waals surface area contributed by atoms with Gasteiger partial charge in [0.15, 0.2) is 5.69 Å². The fourth-order valence-corrected chi connectivity index (χ4v) is 4.38. The number of aromatic nitrogens is 2. The van der Waals surface area contributed by atoms with Crippen LogP contribution in [0.5, 0.6) is 0 Å². The number of carbonyl (C=O) groups is 2. The van der Waals surface area contributed by atoms with Gasteiger partial charge in [0.05, 0.1) is 25.2 Å². The van der Waals surface area contributed by atoms with Gasteiger partial charge in [0.2, 0.25) is 5.91 Å². The average molecular weight is 409 g/mol. The summed E-state index contributed by atoms with van der Waals surface area (Å²) < 4.78 is 8.08. The molecule has 1 aromatic carbocycles. The van der Waals surface area contributed by atoms with Crippen LogP contribution in [0.3, 0.4) is 0 Å². The molecular formula is C23H28N4O3. The van der Waals surface area contributed by atoms with Crippen molar-refractivity contribution < 1.29 is 14.3 Å². The molecule has 30 heavy (non-hydrogen) atoms. The Labute approximate surface area is 176 Å². The van der Waals surface area contributed by atoms with Gasteiger partial charge in [-0.2, -0.15) is 0 Å². The molecule has 1 N–H and O–H groups in total. The minimum absolute atomic E-state index is 0.0127. The van der Waals surface area contributed by atoms with Crippen molar-refractivity contribution in [2.75, 3.05) is 19.6 Å².